The van der Waals surface area contributed by atoms with Gasteiger partial charge >= 0.3 is 20.6 Å². The molecule has 0 heterocycles. The van der Waals surface area contributed by atoms with Gasteiger partial charge in [0, 0.05) is 12.8 Å². The highest BCUT2D eigenvalue weighted by molar-refractivity contribution is 7.17. The fourth-order valence-electron chi connectivity index (χ4n) is 0.880. The molecule has 80 valence electrons. The van der Waals surface area contributed by atoms with Gasteiger partial charge in [0.05, 0.1) is 6.10 Å². The Kier molecular flexibility index (Phi) is 6.88. The van der Waals surface area contributed by atoms with Crippen LogP contribution >= 0.6 is 8.69 Å². The van der Waals surface area contributed by atoms with Crippen LogP contribution in [0.3, 0.4) is 0 Å². The fourth-order valence-corrected chi connectivity index (χ4v) is 1.21. The minimum atomic E-state index is -0.989. The SMILES string of the molecule is O=POC(CCC(=O)O)CCC(=O)O. The van der Waals surface area contributed by atoms with Crippen molar-refractivity contribution in [2.45, 2.75) is 31.8 Å². The normalized spacial score (nSPS) is 10.6. The molecule has 0 aliphatic heterocycles. The molecule has 0 radical (unpaired) electrons. The maximum absolute atomic E-state index is 10.2. The van der Waals surface area contributed by atoms with Gasteiger partial charge in [0.1, 0.15) is 0 Å². The van der Waals surface area contributed by atoms with Crippen LogP contribution in [0.2, 0.25) is 0 Å². The van der Waals surface area contributed by atoms with Gasteiger partial charge in [-0.3, -0.25) is 14.1 Å². The average Bonchev–Trinajstić information content (AvgIpc) is 2.09. The van der Waals surface area contributed by atoms with Crippen molar-refractivity contribution < 1.29 is 28.9 Å². The highest BCUT2D eigenvalue weighted by Gasteiger charge is 2.13. The number of hydrogen-bond acceptors (Lipinski definition) is 4. The second kappa shape index (κ2) is 7.41. The van der Waals surface area contributed by atoms with Crippen molar-refractivity contribution in [2.75, 3.05) is 0 Å². The quantitative estimate of drug-likeness (QED) is 0.600. The Labute approximate surface area is 82.2 Å². The third-order valence-corrected chi connectivity index (χ3v) is 1.94. The van der Waals surface area contributed by atoms with Gasteiger partial charge in [-0.1, -0.05) is 0 Å². The third kappa shape index (κ3) is 7.64. The zero-order valence-electron chi connectivity index (χ0n) is 7.38. The van der Waals surface area contributed by atoms with E-state index in [-0.39, 0.29) is 25.7 Å². The highest BCUT2D eigenvalue weighted by Crippen LogP contribution is 2.14. The molecule has 0 amide bonds. The lowest BCUT2D eigenvalue weighted by Crippen LogP contribution is -2.12. The molecule has 2 N–H and O–H groups in total. The monoisotopic (exact) mass is 222 g/mol. The summed E-state index contributed by atoms with van der Waals surface area (Å²) in [6.07, 6.45) is -0.503. The summed E-state index contributed by atoms with van der Waals surface area (Å²) in [7, 11) is -0.557. The summed E-state index contributed by atoms with van der Waals surface area (Å²) < 4.78 is 14.7. The lowest BCUT2D eigenvalue weighted by molar-refractivity contribution is -0.137. The largest absolute Gasteiger partial charge is 0.481 e. The van der Waals surface area contributed by atoms with Crippen LogP contribution in [-0.4, -0.2) is 28.3 Å². The van der Waals surface area contributed by atoms with E-state index in [2.05, 4.69) is 4.52 Å². The van der Waals surface area contributed by atoms with Crippen LogP contribution in [-0.2, 0) is 18.7 Å². The van der Waals surface area contributed by atoms with Crippen molar-refractivity contribution in [2.24, 2.45) is 0 Å². The van der Waals surface area contributed by atoms with Gasteiger partial charge in [-0.25, -0.2) is 4.57 Å². The summed E-state index contributed by atoms with van der Waals surface area (Å²) in [4.78, 5) is 20.4. The van der Waals surface area contributed by atoms with Crippen LogP contribution < -0.4 is 0 Å². The van der Waals surface area contributed by atoms with Gasteiger partial charge in [0.15, 0.2) is 0 Å². The molecule has 7 heteroatoms. The molecule has 0 atom stereocenters. The van der Waals surface area contributed by atoms with Crippen LogP contribution in [0.5, 0.6) is 0 Å². The molecule has 0 spiro atoms. The molecule has 0 saturated heterocycles. The van der Waals surface area contributed by atoms with E-state index in [1.807, 2.05) is 0 Å². The Balaban J connectivity index is 3.81. The van der Waals surface area contributed by atoms with E-state index in [1.54, 1.807) is 0 Å². The fraction of sp³-hybridized carbons (Fsp3) is 0.714. The van der Waals surface area contributed by atoms with E-state index < -0.39 is 26.7 Å². The Morgan fingerprint density at radius 3 is 1.86 bits per heavy atom. The number of carboxylic acid groups (broad SMARTS) is 2. The zero-order valence-corrected chi connectivity index (χ0v) is 8.27. The second-order valence-electron chi connectivity index (χ2n) is 2.67. The summed E-state index contributed by atoms with van der Waals surface area (Å²) in [5, 5.41) is 16.7. The van der Waals surface area contributed by atoms with E-state index in [0.717, 1.165) is 0 Å². The van der Waals surface area contributed by atoms with Crippen LogP contribution in [0.15, 0.2) is 0 Å². The standard InChI is InChI=1S/C7H11O6P/c8-6(9)3-1-5(13-14-12)2-4-7(10)11/h5H,1-4H2,(H,8,9)(H,10,11). The number of carboxylic acids is 2. The molecular formula is C7H11O6P. The van der Waals surface area contributed by atoms with Crippen LogP contribution in [0.4, 0.5) is 0 Å². The van der Waals surface area contributed by atoms with Crippen molar-refractivity contribution >= 4 is 20.6 Å². The Hall–Kier alpha value is -1.00. The third-order valence-electron chi connectivity index (χ3n) is 1.55. The van der Waals surface area contributed by atoms with E-state index in [4.69, 9.17) is 10.2 Å². The first-order valence-corrected chi connectivity index (χ1v) is 4.71. The summed E-state index contributed by atoms with van der Waals surface area (Å²) >= 11 is 0. The van der Waals surface area contributed by atoms with Crippen LogP contribution in [0, 0.1) is 0 Å². The predicted molar refractivity (Wildman–Crippen MR) is 46.2 cm³/mol. The lowest BCUT2D eigenvalue weighted by atomic mass is 10.1. The molecular weight excluding hydrogens is 211 g/mol. The minimum Gasteiger partial charge on any atom is -0.481 e. The predicted octanol–water partition coefficient (Wildman–Crippen LogP) is 1.31. The van der Waals surface area contributed by atoms with Crippen molar-refractivity contribution in [3.63, 3.8) is 0 Å². The molecule has 0 unspecified atom stereocenters. The summed E-state index contributed by atoms with van der Waals surface area (Å²) in [6.45, 7) is 0. The smallest absolute Gasteiger partial charge is 0.327 e. The van der Waals surface area contributed by atoms with Gasteiger partial charge < -0.3 is 10.2 Å². The molecule has 0 aliphatic carbocycles. The van der Waals surface area contributed by atoms with Crippen LogP contribution in [0.1, 0.15) is 25.7 Å². The van der Waals surface area contributed by atoms with Gasteiger partial charge in [-0.2, -0.15) is 0 Å². The molecule has 14 heavy (non-hydrogen) atoms. The number of rotatable bonds is 8. The van der Waals surface area contributed by atoms with E-state index in [1.165, 1.54) is 0 Å². The molecule has 0 fully saturated rings. The summed E-state index contributed by atoms with van der Waals surface area (Å²) in [5.41, 5.74) is 0. The van der Waals surface area contributed by atoms with Gasteiger partial charge in [0.2, 0.25) is 0 Å². The maximum atomic E-state index is 10.2. The molecule has 0 aromatic heterocycles. The minimum absolute atomic E-state index is 0.125. The Morgan fingerprint density at radius 2 is 1.57 bits per heavy atom. The van der Waals surface area contributed by atoms with Gasteiger partial charge in [0.25, 0.3) is 0 Å². The van der Waals surface area contributed by atoms with E-state index >= 15 is 0 Å². The zero-order chi connectivity index (χ0) is 11.0. The number of carbonyl (C=O) groups is 2. The first-order chi connectivity index (χ1) is 6.56. The Morgan fingerprint density at radius 1 is 1.14 bits per heavy atom. The Bertz CT molecular complexity index is 198. The van der Waals surface area contributed by atoms with Gasteiger partial charge in [-0.15, -0.1) is 0 Å². The van der Waals surface area contributed by atoms with E-state index in [9.17, 15) is 14.2 Å². The molecule has 0 rings (SSSR count). The van der Waals surface area contributed by atoms with E-state index in [0.29, 0.717) is 0 Å². The molecule has 6 nitrogen and oxygen atoms in total. The summed E-state index contributed by atoms with van der Waals surface area (Å²) in [5.74, 6) is -1.98. The van der Waals surface area contributed by atoms with Crippen LogP contribution in [0.25, 0.3) is 0 Å². The molecule has 0 aliphatic rings. The number of hydrogen-bond donors (Lipinski definition) is 2. The van der Waals surface area contributed by atoms with Gasteiger partial charge in [-0.05, 0) is 12.8 Å². The topological polar surface area (TPSA) is 101 Å². The van der Waals surface area contributed by atoms with Crippen molar-refractivity contribution in [3.05, 3.63) is 0 Å². The lowest BCUT2D eigenvalue weighted by Gasteiger charge is -2.09. The van der Waals surface area contributed by atoms with Crippen molar-refractivity contribution in [3.8, 4) is 0 Å². The van der Waals surface area contributed by atoms with Crippen molar-refractivity contribution in [1.29, 1.82) is 0 Å². The average molecular weight is 222 g/mol. The number of aliphatic carboxylic acids is 2. The van der Waals surface area contributed by atoms with Crippen molar-refractivity contribution in [1.82, 2.24) is 0 Å². The second-order valence-corrected chi connectivity index (χ2v) is 3.03. The molecule has 0 aromatic rings. The molecule has 0 saturated carbocycles. The first kappa shape index (κ1) is 13.0. The summed E-state index contributed by atoms with van der Waals surface area (Å²) in [6, 6.07) is 0. The molecule has 0 aromatic carbocycles. The highest BCUT2D eigenvalue weighted by atomic mass is 31.1. The maximum Gasteiger partial charge on any atom is 0.327 e. The molecule has 0 bridgehead atoms. The first-order valence-electron chi connectivity index (χ1n) is 3.98.